The number of ether oxygens (including phenoxy) is 1. The van der Waals surface area contributed by atoms with Crippen LogP contribution in [0.5, 0.6) is 5.75 Å². The minimum atomic E-state index is -0.568. The van der Waals surface area contributed by atoms with Crippen LogP contribution in [0.4, 0.5) is 0 Å². The third kappa shape index (κ3) is 5.73. The van der Waals surface area contributed by atoms with Crippen LogP contribution in [0.2, 0.25) is 5.02 Å². The lowest BCUT2D eigenvalue weighted by Gasteiger charge is -2.31. The molecule has 2 rings (SSSR count). The fraction of sp³-hybridized carbons (Fsp3) is 0.364. The van der Waals surface area contributed by atoms with Gasteiger partial charge in [-0.15, -0.1) is 0 Å². The topological polar surface area (TPSA) is 58.6 Å². The van der Waals surface area contributed by atoms with Crippen LogP contribution in [0.3, 0.4) is 0 Å². The molecule has 0 saturated heterocycles. The summed E-state index contributed by atoms with van der Waals surface area (Å²) in [6.45, 7) is 6.41. The van der Waals surface area contributed by atoms with Crippen molar-refractivity contribution < 1.29 is 14.3 Å². The molecule has 5 nitrogen and oxygen atoms in total. The number of para-hydroxylation sites is 1. The number of aryl methyl sites for hydroxylation is 1. The molecule has 0 spiro atoms. The highest BCUT2D eigenvalue weighted by molar-refractivity contribution is 6.32. The first-order chi connectivity index (χ1) is 13.5. The maximum atomic E-state index is 13.0. The Bertz CT molecular complexity index is 810. The Kier molecular flexibility index (Phi) is 8.33. The molecule has 0 aliphatic rings. The Hall–Kier alpha value is -2.53. The highest BCUT2D eigenvalue weighted by atomic mass is 35.5. The maximum absolute atomic E-state index is 13.0. The number of nitrogens with zero attached hydrogens (tertiary/aromatic N) is 1. The molecule has 0 unspecified atom stereocenters. The van der Waals surface area contributed by atoms with Crippen LogP contribution in [-0.4, -0.2) is 35.9 Å². The van der Waals surface area contributed by atoms with Crippen LogP contribution in [0, 0.1) is 6.92 Å². The van der Waals surface area contributed by atoms with E-state index in [0.29, 0.717) is 30.3 Å². The van der Waals surface area contributed by atoms with Crippen LogP contribution >= 0.6 is 11.6 Å². The second-order valence-corrected chi connectivity index (χ2v) is 6.89. The third-order valence-electron chi connectivity index (χ3n) is 4.53. The average Bonchev–Trinajstić information content (AvgIpc) is 2.68. The van der Waals surface area contributed by atoms with E-state index < -0.39 is 6.04 Å². The molecule has 2 aromatic carbocycles. The summed E-state index contributed by atoms with van der Waals surface area (Å²) in [7, 11) is 0. The number of rotatable bonds is 9. The Morgan fingerprint density at radius 1 is 1.11 bits per heavy atom. The van der Waals surface area contributed by atoms with Crippen LogP contribution < -0.4 is 10.1 Å². The Morgan fingerprint density at radius 3 is 2.43 bits per heavy atom. The number of carbonyl (C=O) groups excluding carboxylic acids is 2. The molecule has 0 aliphatic heterocycles. The highest BCUT2D eigenvalue weighted by Gasteiger charge is 2.29. The number of likely N-dealkylation sites (N-methyl/N-ethyl adjacent to an activating group) is 1. The van der Waals surface area contributed by atoms with Crippen LogP contribution in [0.1, 0.15) is 31.4 Å². The number of nitrogens with one attached hydrogen (secondary N) is 1. The second-order valence-electron chi connectivity index (χ2n) is 6.49. The SMILES string of the molecule is CCNC(=O)[C@H](CC)N(Cc1ccccc1C)C(=O)COc1ccccc1Cl. The van der Waals surface area contributed by atoms with Gasteiger partial charge in [-0.25, -0.2) is 0 Å². The van der Waals surface area contributed by atoms with E-state index >= 15 is 0 Å². The van der Waals surface area contributed by atoms with Crippen LogP contribution in [0.15, 0.2) is 48.5 Å². The largest absolute Gasteiger partial charge is 0.482 e. The predicted octanol–water partition coefficient (Wildman–Crippen LogP) is 3.97. The molecule has 28 heavy (non-hydrogen) atoms. The molecule has 0 heterocycles. The molecule has 1 N–H and O–H groups in total. The molecule has 1 atom stereocenters. The zero-order chi connectivity index (χ0) is 20.5. The molecule has 2 aromatic rings. The molecular weight excluding hydrogens is 376 g/mol. The van der Waals surface area contributed by atoms with Gasteiger partial charge in [0.15, 0.2) is 6.61 Å². The van der Waals surface area contributed by atoms with E-state index in [4.69, 9.17) is 16.3 Å². The number of hydrogen-bond donors (Lipinski definition) is 1. The summed E-state index contributed by atoms with van der Waals surface area (Å²) in [4.78, 5) is 27.2. The van der Waals surface area contributed by atoms with Gasteiger partial charge >= 0.3 is 0 Å². The summed E-state index contributed by atoms with van der Waals surface area (Å²) < 4.78 is 5.63. The minimum Gasteiger partial charge on any atom is -0.482 e. The van der Waals surface area contributed by atoms with E-state index in [0.717, 1.165) is 11.1 Å². The zero-order valence-electron chi connectivity index (χ0n) is 16.6. The van der Waals surface area contributed by atoms with Crippen molar-refractivity contribution in [2.24, 2.45) is 0 Å². The Morgan fingerprint density at radius 2 is 1.79 bits per heavy atom. The van der Waals surface area contributed by atoms with Gasteiger partial charge < -0.3 is 15.0 Å². The zero-order valence-corrected chi connectivity index (χ0v) is 17.3. The van der Waals surface area contributed by atoms with Gasteiger partial charge in [0, 0.05) is 13.1 Å². The maximum Gasteiger partial charge on any atom is 0.261 e. The standard InChI is InChI=1S/C22H27ClN2O3/c1-4-19(22(27)24-5-2)25(14-17-11-7-6-10-16(17)3)21(26)15-28-20-13-9-8-12-18(20)23/h6-13,19H,4-5,14-15H2,1-3H3,(H,24,27)/t19-/m0/s1. The van der Waals surface area contributed by atoms with E-state index in [1.54, 1.807) is 29.2 Å². The summed E-state index contributed by atoms with van der Waals surface area (Å²) in [5.74, 6) is 0.0189. The molecule has 0 saturated carbocycles. The molecule has 0 aliphatic carbocycles. The second kappa shape index (κ2) is 10.7. The van der Waals surface area contributed by atoms with Gasteiger partial charge in [0.1, 0.15) is 11.8 Å². The molecule has 2 amide bonds. The van der Waals surface area contributed by atoms with Crippen molar-refractivity contribution in [1.82, 2.24) is 10.2 Å². The lowest BCUT2D eigenvalue weighted by molar-refractivity contribution is -0.142. The van der Waals surface area contributed by atoms with Gasteiger partial charge in [-0.2, -0.15) is 0 Å². The first kappa shape index (κ1) is 21.8. The Balaban J connectivity index is 2.23. The van der Waals surface area contributed by atoms with Crippen molar-refractivity contribution in [2.75, 3.05) is 13.2 Å². The summed E-state index contributed by atoms with van der Waals surface area (Å²) in [5, 5.41) is 3.26. The quantitative estimate of drug-likeness (QED) is 0.690. The van der Waals surface area contributed by atoms with Gasteiger partial charge in [-0.3, -0.25) is 9.59 Å². The van der Waals surface area contributed by atoms with Crippen molar-refractivity contribution in [2.45, 2.75) is 39.8 Å². The van der Waals surface area contributed by atoms with Gasteiger partial charge in [0.25, 0.3) is 5.91 Å². The van der Waals surface area contributed by atoms with Crippen molar-refractivity contribution in [3.8, 4) is 5.75 Å². The lowest BCUT2D eigenvalue weighted by atomic mass is 10.1. The first-order valence-corrected chi connectivity index (χ1v) is 9.84. The Labute approximate surface area is 171 Å². The van der Waals surface area contributed by atoms with E-state index in [-0.39, 0.29) is 18.4 Å². The van der Waals surface area contributed by atoms with Gasteiger partial charge in [0.2, 0.25) is 5.91 Å². The molecule has 0 aromatic heterocycles. The van der Waals surface area contributed by atoms with E-state index in [1.807, 2.05) is 45.0 Å². The third-order valence-corrected chi connectivity index (χ3v) is 4.84. The molecular formula is C22H27ClN2O3. The van der Waals surface area contributed by atoms with Crippen LogP contribution in [-0.2, 0) is 16.1 Å². The molecule has 6 heteroatoms. The van der Waals surface area contributed by atoms with Gasteiger partial charge in [-0.1, -0.05) is 54.9 Å². The van der Waals surface area contributed by atoms with E-state index in [1.165, 1.54) is 0 Å². The normalized spacial score (nSPS) is 11.6. The number of halogens is 1. The molecule has 0 bridgehead atoms. The lowest BCUT2D eigenvalue weighted by Crippen LogP contribution is -2.50. The number of benzene rings is 2. The number of hydrogen-bond acceptors (Lipinski definition) is 3. The van der Waals surface area contributed by atoms with Crippen LogP contribution in [0.25, 0.3) is 0 Å². The van der Waals surface area contributed by atoms with Crippen molar-refractivity contribution in [1.29, 1.82) is 0 Å². The van der Waals surface area contributed by atoms with Crippen molar-refractivity contribution in [3.05, 3.63) is 64.7 Å². The monoisotopic (exact) mass is 402 g/mol. The number of amides is 2. The predicted molar refractivity (Wildman–Crippen MR) is 111 cm³/mol. The minimum absolute atomic E-state index is 0.162. The van der Waals surface area contributed by atoms with E-state index in [9.17, 15) is 9.59 Å². The average molecular weight is 403 g/mol. The fourth-order valence-corrected chi connectivity index (χ4v) is 3.16. The highest BCUT2D eigenvalue weighted by Crippen LogP contribution is 2.23. The van der Waals surface area contributed by atoms with Crippen molar-refractivity contribution in [3.63, 3.8) is 0 Å². The number of carbonyl (C=O) groups is 2. The summed E-state index contributed by atoms with van der Waals surface area (Å²) >= 11 is 6.11. The summed E-state index contributed by atoms with van der Waals surface area (Å²) in [5.41, 5.74) is 2.06. The smallest absolute Gasteiger partial charge is 0.261 e. The molecule has 150 valence electrons. The molecule has 0 fully saturated rings. The summed E-state index contributed by atoms with van der Waals surface area (Å²) in [6, 6.07) is 14.3. The van der Waals surface area contributed by atoms with Crippen molar-refractivity contribution >= 4 is 23.4 Å². The van der Waals surface area contributed by atoms with Gasteiger partial charge in [0.05, 0.1) is 5.02 Å². The summed E-state index contributed by atoms with van der Waals surface area (Å²) in [6.07, 6.45) is 0.509. The van der Waals surface area contributed by atoms with Gasteiger partial charge in [-0.05, 0) is 43.5 Å². The first-order valence-electron chi connectivity index (χ1n) is 9.46. The molecule has 0 radical (unpaired) electrons. The fourth-order valence-electron chi connectivity index (χ4n) is 2.97. The van der Waals surface area contributed by atoms with E-state index in [2.05, 4.69) is 5.32 Å².